The Morgan fingerprint density at radius 2 is 1.61 bits per heavy atom. The smallest absolute Gasteiger partial charge is 0.242 e. The zero-order chi connectivity index (χ0) is 22.4. The zero-order valence-corrected chi connectivity index (χ0v) is 18.4. The number of carbonyl (C=O) groups is 1. The van der Waals surface area contributed by atoms with Gasteiger partial charge < -0.3 is 14.8 Å². The predicted octanol–water partition coefficient (Wildman–Crippen LogP) is 4.45. The summed E-state index contributed by atoms with van der Waals surface area (Å²) in [6.45, 7) is 1.45. The molecule has 0 unspecified atom stereocenters. The van der Waals surface area contributed by atoms with E-state index in [1.54, 1.807) is 24.3 Å². The van der Waals surface area contributed by atoms with Crippen LogP contribution in [0.25, 0.3) is 0 Å². The lowest BCUT2D eigenvalue weighted by Crippen LogP contribution is -2.41. The van der Waals surface area contributed by atoms with Gasteiger partial charge in [0.05, 0.1) is 23.1 Å². The molecule has 3 rings (SSSR count). The van der Waals surface area contributed by atoms with Crippen LogP contribution in [-0.4, -0.2) is 27.5 Å². The number of anilines is 1. The second-order valence-electron chi connectivity index (χ2n) is 6.57. The van der Waals surface area contributed by atoms with Gasteiger partial charge in [-0.25, -0.2) is 8.42 Å². The third-order valence-electron chi connectivity index (χ3n) is 4.26. The molecule has 0 bridgehead atoms. The number of carbonyl (C=O) groups excluding carboxylic acids is 1. The highest BCUT2D eigenvalue weighted by molar-refractivity contribution is 7.89. The maximum atomic E-state index is 12.6. The number of hydrogen-bond acceptors (Lipinski definition) is 5. The van der Waals surface area contributed by atoms with Gasteiger partial charge in [0, 0.05) is 5.69 Å². The Morgan fingerprint density at radius 3 is 2.23 bits per heavy atom. The Labute approximate surface area is 186 Å². The van der Waals surface area contributed by atoms with E-state index in [0.717, 1.165) is 0 Å². The molecule has 3 aromatic rings. The number of amides is 1. The van der Waals surface area contributed by atoms with Crippen molar-refractivity contribution < 1.29 is 22.7 Å². The lowest BCUT2D eigenvalue weighted by Gasteiger charge is -2.15. The molecule has 31 heavy (non-hydrogen) atoms. The molecule has 0 saturated carbocycles. The topological polar surface area (TPSA) is 93.7 Å². The maximum absolute atomic E-state index is 12.6. The van der Waals surface area contributed by atoms with Gasteiger partial charge in [-0.2, -0.15) is 4.72 Å². The van der Waals surface area contributed by atoms with Crippen LogP contribution in [-0.2, 0) is 14.8 Å². The minimum absolute atomic E-state index is 0.0691. The van der Waals surface area contributed by atoms with E-state index in [2.05, 4.69) is 10.0 Å². The summed E-state index contributed by atoms with van der Waals surface area (Å²) >= 11 is 6.00. The van der Waals surface area contributed by atoms with Crippen LogP contribution in [0.4, 0.5) is 5.69 Å². The standard InChI is InChI=1S/C22H21ClN2O5S/c1-15(25-31(27,28)19-12-13-21(29-2)20(23)14-19)22(26)24-16-8-10-18(11-9-16)30-17-6-4-3-5-7-17/h3-15,25H,1-2H3,(H,24,26)/t15-/m1/s1. The normalized spacial score (nSPS) is 12.1. The molecule has 0 aromatic heterocycles. The largest absolute Gasteiger partial charge is 0.495 e. The van der Waals surface area contributed by atoms with Crippen molar-refractivity contribution in [3.8, 4) is 17.2 Å². The Bertz CT molecular complexity index is 1150. The molecule has 0 aliphatic carbocycles. The van der Waals surface area contributed by atoms with Crippen molar-refractivity contribution >= 4 is 33.2 Å². The molecule has 0 heterocycles. The van der Waals surface area contributed by atoms with E-state index in [-0.39, 0.29) is 9.92 Å². The van der Waals surface area contributed by atoms with Crippen LogP contribution < -0.4 is 19.5 Å². The van der Waals surface area contributed by atoms with Crippen LogP contribution in [0.15, 0.2) is 77.7 Å². The molecule has 162 valence electrons. The van der Waals surface area contributed by atoms with Crippen LogP contribution in [0.2, 0.25) is 5.02 Å². The van der Waals surface area contributed by atoms with Gasteiger partial charge in [-0.3, -0.25) is 4.79 Å². The van der Waals surface area contributed by atoms with Gasteiger partial charge in [0.1, 0.15) is 17.2 Å². The molecule has 0 radical (unpaired) electrons. The van der Waals surface area contributed by atoms with Crippen molar-refractivity contribution in [2.75, 3.05) is 12.4 Å². The first-order chi connectivity index (χ1) is 14.8. The Morgan fingerprint density at radius 1 is 0.968 bits per heavy atom. The number of methoxy groups -OCH3 is 1. The van der Waals surface area contributed by atoms with Crippen LogP contribution in [0.5, 0.6) is 17.2 Å². The highest BCUT2D eigenvalue weighted by Gasteiger charge is 2.23. The summed E-state index contributed by atoms with van der Waals surface area (Å²) in [7, 11) is -2.53. The van der Waals surface area contributed by atoms with Crippen LogP contribution in [0.1, 0.15) is 6.92 Å². The minimum atomic E-state index is -3.96. The summed E-state index contributed by atoms with van der Waals surface area (Å²) in [6.07, 6.45) is 0. The summed E-state index contributed by atoms with van der Waals surface area (Å²) in [5.74, 6) is 1.14. The van der Waals surface area contributed by atoms with Crippen molar-refractivity contribution in [2.45, 2.75) is 17.9 Å². The third-order valence-corrected chi connectivity index (χ3v) is 6.09. The van der Waals surface area contributed by atoms with Gasteiger partial charge in [0.25, 0.3) is 0 Å². The van der Waals surface area contributed by atoms with Gasteiger partial charge in [0.15, 0.2) is 0 Å². The molecule has 0 fully saturated rings. The molecule has 3 aromatic carbocycles. The van der Waals surface area contributed by atoms with Gasteiger partial charge in [-0.1, -0.05) is 29.8 Å². The monoisotopic (exact) mass is 460 g/mol. The van der Waals surface area contributed by atoms with Crippen molar-refractivity contribution in [3.63, 3.8) is 0 Å². The fourth-order valence-corrected chi connectivity index (χ4v) is 4.20. The quantitative estimate of drug-likeness (QED) is 0.518. The lowest BCUT2D eigenvalue weighted by molar-refractivity contribution is -0.117. The van der Waals surface area contributed by atoms with Crippen LogP contribution in [0, 0.1) is 0 Å². The highest BCUT2D eigenvalue weighted by Crippen LogP contribution is 2.27. The molecule has 0 saturated heterocycles. The van der Waals surface area contributed by atoms with E-state index in [9.17, 15) is 13.2 Å². The Kier molecular flexibility index (Phi) is 7.17. The van der Waals surface area contributed by atoms with Crippen LogP contribution in [0.3, 0.4) is 0 Å². The first kappa shape index (κ1) is 22.6. The van der Waals surface area contributed by atoms with E-state index < -0.39 is 22.0 Å². The van der Waals surface area contributed by atoms with Crippen molar-refractivity contribution in [3.05, 3.63) is 77.8 Å². The summed E-state index contributed by atoms with van der Waals surface area (Å²) in [6, 6.07) is 19.1. The molecular formula is C22H21ClN2O5S. The molecule has 1 amide bonds. The molecule has 7 nitrogen and oxygen atoms in total. The summed E-state index contributed by atoms with van der Waals surface area (Å²) in [5, 5.41) is 2.82. The molecule has 1 atom stereocenters. The molecule has 0 aliphatic heterocycles. The maximum Gasteiger partial charge on any atom is 0.242 e. The first-order valence-corrected chi connectivity index (χ1v) is 11.1. The summed E-state index contributed by atoms with van der Waals surface area (Å²) < 4.78 is 38.2. The van der Waals surface area contributed by atoms with Gasteiger partial charge in [-0.15, -0.1) is 0 Å². The summed E-state index contributed by atoms with van der Waals surface area (Å²) in [4.78, 5) is 12.4. The SMILES string of the molecule is COc1ccc(S(=O)(=O)N[C@H](C)C(=O)Nc2ccc(Oc3ccccc3)cc2)cc1Cl. The van der Waals surface area contributed by atoms with E-state index in [1.165, 1.54) is 32.2 Å². The van der Waals surface area contributed by atoms with Gasteiger partial charge in [0.2, 0.25) is 15.9 Å². The summed E-state index contributed by atoms with van der Waals surface area (Å²) in [5.41, 5.74) is 0.504. The van der Waals surface area contributed by atoms with E-state index in [0.29, 0.717) is 22.9 Å². The first-order valence-electron chi connectivity index (χ1n) is 9.28. The van der Waals surface area contributed by atoms with E-state index in [1.807, 2.05) is 30.3 Å². The fourth-order valence-electron chi connectivity index (χ4n) is 2.65. The second kappa shape index (κ2) is 9.82. The predicted molar refractivity (Wildman–Crippen MR) is 119 cm³/mol. The number of hydrogen-bond donors (Lipinski definition) is 2. The fraction of sp³-hybridized carbons (Fsp3) is 0.136. The molecular weight excluding hydrogens is 440 g/mol. The third kappa shape index (κ3) is 5.97. The van der Waals surface area contributed by atoms with E-state index >= 15 is 0 Å². The van der Waals surface area contributed by atoms with Crippen molar-refractivity contribution in [1.29, 1.82) is 0 Å². The van der Waals surface area contributed by atoms with Gasteiger partial charge in [-0.05, 0) is 61.5 Å². The average Bonchev–Trinajstić information content (AvgIpc) is 2.75. The minimum Gasteiger partial charge on any atom is -0.495 e. The average molecular weight is 461 g/mol. The Balaban J connectivity index is 1.61. The van der Waals surface area contributed by atoms with Gasteiger partial charge >= 0.3 is 0 Å². The van der Waals surface area contributed by atoms with Crippen molar-refractivity contribution in [2.24, 2.45) is 0 Å². The molecule has 2 N–H and O–H groups in total. The molecule has 9 heteroatoms. The molecule has 0 spiro atoms. The second-order valence-corrected chi connectivity index (χ2v) is 8.69. The number of nitrogens with one attached hydrogen (secondary N) is 2. The number of benzene rings is 3. The number of rotatable bonds is 8. The highest BCUT2D eigenvalue weighted by atomic mass is 35.5. The number of para-hydroxylation sites is 1. The number of sulfonamides is 1. The van der Waals surface area contributed by atoms with Crippen molar-refractivity contribution in [1.82, 2.24) is 4.72 Å². The number of ether oxygens (including phenoxy) is 2. The number of halogens is 1. The lowest BCUT2D eigenvalue weighted by atomic mass is 10.2. The zero-order valence-electron chi connectivity index (χ0n) is 16.8. The molecule has 0 aliphatic rings. The van der Waals surface area contributed by atoms with Crippen LogP contribution >= 0.6 is 11.6 Å². The van der Waals surface area contributed by atoms with E-state index in [4.69, 9.17) is 21.1 Å². The Hall–Kier alpha value is -3.07.